The number of nitrogens with zero attached hydrogens (tertiary/aromatic N) is 1. The van der Waals surface area contributed by atoms with Crippen molar-refractivity contribution in [2.45, 2.75) is 45.3 Å². The van der Waals surface area contributed by atoms with E-state index in [1.54, 1.807) is 0 Å². The highest BCUT2D eigenvalue weighted by molar-refractivity contribution is 5.39. The lowest BCUT2D eigenvalue weighted by atomic mass is 9.85. The Kier molecular flexibility index (Phi) is 3.99. The molecule has 1 saturated heterocycles. The molecular weight excluding hydrogens is 248 g/mol. The highest BCUT2D eigenvalue weighted by Gasteiger charge is 2.38. The second-order valence-corrected chi connectivity index (χ2v) is 6.16. The number of nitrogens with one attached hydrogen (secondary N) is 1. The van der Waals surface area contributed by atoms with Crippen LogP contribution in [0.3, 0.4) is 0 Å². The van der Waals surface area contributed by atoms with Crippen LogP contribution in [0.2, 0.25) is 0 Å². The third-order valence-electron chi connectivity index (χ3n) is 5.16. The molecule has 3 nitrogen and oxygen atoms in total. The minimum Gasteiger partial charge on any atom is -0.491 e. The number of hydrogen-bond acceptors (Lipinski definition) is 3. The maximum Gasteiger partial charge on any atom is 0.124 e. The third kappa shape index (κ3) is 2.33. The van der Waals surface area contributed by atoms with Crippen LogP contribution in [-0.2, 0) is 0 Å². The summed E-state index contributed by atoms with van der Waals surface area (Å²) in [6, 6.07) is 10.2. The summed E-state index contributed by atoms with van der Waals surface area (Å²) >= 11 is 0. The van der Waals surface area contributed by atoms with Gasteiger partial charge in [-0.25, -0.2) is 0 Å². The van der Waals surface area contributed by atoms with E-state index < -0.39 is 0 Å². The van der Waals surface area contributed by atoms with Crippen LogP contribution in [0.5, 0.6) is 5.75 Å². The van der Waals surface area contributed by atoms with E-state index in [2.05, 4.69) is 55.3 Å². The van der Waals surface area contributed by atoms with E-state index in [1.807, 2.05) is 0 Å². The molecule has 0 bridgehead atoms. The Hall–Kier alpha value is -1.06. The van der Waals surface area contributed by atoms with Gasteiger partial charge in [-0.1, -0.05) is 32.0 Å². The molecule has 0 aliphatic carbocycles. The van der Waals surface area contributed by atoms with E-state index in [0.717, 1.165) is 25.4 Å². The number of para-hydroxylation sites is 1. The lowest BCUT2D eigenvalue weighted by molar-refractivity contribution is 0.0382. The molecule has 1 aromatic carbocycles. The van der Waals surface area contributed by atoms with Crippen LogP contribution in [0.25, 0.3) is 0 Å². The zero-order valence-corrected chi connectivity index (χ0v) is 12.8. The minimum absolute atomic E-state index is 0.436. The van der Waals surface area contributed by atoms with Gasteiger partial charge in [-0.05, 0) is 31.9 Å². The summed E-state index contributed by atoms with van der Waals surface area (Å²) < 4.78 is 5.86. The Morgan fingerprint density at radius 1 is 1.30 bits per heavy atom. The summed E-state index contributed by atoms with van der Waals surface area (Å²) in [4.78, 5) is 2.64. The van der Waals surface area contributed by atoms with E-state index in [4.69, 9.17) is 4.74 Å². The van der Waals surface area contributed by atoms with Gasteiger partial charge in [-0.2, -0.15) is 0 Å². The predicted octanol–water partition coefficient (Wildman–Crippen LogP) is 2.83. The normalized spacial score (nSPS) is 33.8. The molecule has 0 amide bonds. The van der Waals surface area contributed by atoms with Crippen LogP contribution >= 0.6 is 0 Å². The average molecular weight is 274 g/mol. The molecule has 1 N–H and O–H groups in total. The molecule has 4 atom stereocenters. The lowest BCUT2D eigenvalue weighted by Crippen LogP contribution is -2.54. The Labute approximate surface area is 122 Å². The monoisotopic (exact) mass is 274 g/mol. The molecule has 0 spiro atoms. The second-order valence-electron chi connectivity index (χ2n) is 6.16. The number of hydrogen-bond donors (Lipinski definition) is 1. The van der Waals surface area contributed by atoms with E-state index in [9.17, 15) is 0 Å². The van der Waals surface area contributed by atoms with Crippen molar-refractivity contribution in [1.82, 2.24) is 10.2 Å². The summed E-state index contributed by atoms with van der Waals surface area (Å²) in [5, 5.41) is 3.64. The fraction of sp³-hybridized carbons (Fsp3) is 0.647. The standard InChI is InChI=1S/C17H26N2O/c1-4-18-15-9-10-19(13(3)12(15)2)16-11-20-17-8-6-5-7-14(16)17/h5-8,12-13,15-16,18H,4,9-11H2,1-3H3. The summed E-state index contributed by atoms with van der Waals surface area (Å²) in [5.74, 6) is 1.75. The van der Waals surface area contributed by atoms with Crippen molar-refractivity contribution in [2.24, 2.45) is 5.92 Å². The van der Waals surface area contributed by atoms with Crippen molar-refractivity contribution in [3.63, 3.8) is 0 Å². The smallest absolute Gasteiger partial charge is 0.124 e. The SMILES string of the molecule is CCNC1CCN(C2COc3ccccc32)C(C)C1C. The number of piperidine rings is 1. The minimum atomic E-state index is 0.436. The van der Waals surface area contributed by atoms with Gasteiger partial charge in [0, 0.05) is 24.2 Å². The molecular formula is C17H26N2O. The summed E-state index contributed by atoms with van der Waals surface area (Å²) in [7, 11) is 0. The lowest BCUT2D eigenvalue weighted by Gasteiger charge is -2.45. The van der Waals surface area contributed by atoms with Crippen LogP contribution in [0, 0.1) is 5.92 Å². The van der Waals surface area contributed by atoms with Gasteiger partial charge in [0.2, 0.25) is 0 Å². The Morgan fingerprint density at radius 3 is 2.90 bits per heavy atom. The van der Waals surface area contributed by atoms with Crippen molar-refractivity contribution < 1.29 is 4.74 Å². The highest BCUT2D eigenvalue weighted by Crippen LogP contribution is 2.39. The maximum absolute atomic E-state index is 5.86. The molecule has 2 aliphatic rings. The summed E-state index contributed by atoms with van der Waals surface area (Å²) in [6.45, 7) is 9.98. The molecule has 0 saturated carbocycles. The van der Waals surface area contributed by atoms with Crippen LogP contribution < -0.4 is 10.1 Å². The quantitative estimate of drug-likeness (QED) is 0.917. The molecule has 2 aliphatic heterocycles. The zero-order chi connectivity index (χ0) is 14.1. The van der Waals surface area contributed by atoms with Crippen molar-refractivity contribution >= 4 is 0 Å². The summed E-state index contributed by atoms with van der Waals surface area (Å²) in [6.07, 6.45) is 1.23. The van der Waals surface area contributed by atoms with Crippen molar-refractivity contribution in [3.05, 3.63) is 29.8 Å². The topological polar surface area (TPSA) is 24.5 Å². The van der Waals surface area contributed by atoms with Crippen LogP contribution in [0.15, 0.2) is 24.3 Å². The number of ether oxygens (including phenoxy) is 1. The Balaban J connectivity index is 1.76. The molecule has 2 heterocycles. The fourth-order valence-corrected chi connectivity index (χ4v) is 3.80. The average Bonchev–Trinajstić information content (AvgIpc) is 2.88. The van der Waals surface area contributed by atoms with Gasteiger partial charge in [0.15, 0.2) is 0 Å². The molecule has 0 radical (unpaired) electrons. The first-order valence-electron chi connectivity index (χ1n) is 7.93. The first kappa shape index (κ1) is 13.9. The van der Waals surface area contributed by atoms with E-state index in [1.165, 1.54) is 12.0 Å². The zero-order valence-electron chi connectivity index (χ0n) is 12.8. The first-order valence-corrected chi connectivity index (χ1v) is 7.93. The first-order chi connectivity index (χ1) is 9.72. The van der Waals surface area contributed by atoms with Crippen molar-refractivity contribution in [1.29, 1.82) is 0 Å². The van der Waals surface area contributed by atoms with Gasteiger partial charge in [0.05, 0.1) is 6.04 Å². The molecule has 1 fully saturated rings. The van der Waals surface area contributed by atoms with E-state index in [-0.39, 0.29) is 0 Å². The molecule has 3 heteroatoms. The van der Waals surface area contributed by atoms with E-state index >= 15 is 0 Å². The highest BCUT2D eigenvalue weighted by atomic mass is 16.5. The van der Waals surface area contributed by atoms with Gasteiger partial charge < -0.3 is 10.1 Å². The van der Waals surface area contributed by atoms with Gasteiger partial charge in [-0.15, -0.1) is 0 Å². The number of likely N-dealkylation sites (tertiary alicyclic amines) is 1. The van der Waals surface area contributed by atoms with Crippen LogP contribution in [-0.4, -0.2) is 36.7 Å². The predicted molar refractivity (Wildman–Crippen MR) is 82.1 cm³/mol. The molecule has 20 heavy (non-hydrogen) atoms. The molecule has 110 valence electrons. The van der Waals surface area contributed by atoms with Crippen molar-refractivity contribution in [3.8, 4) is 5.75 Å². The van der Waals surface area contributed by atoms with Gasteiger partial charge in [-0.3, -0.25) is 4.90 Å². The molecule has 4 unspecified atom stereocenters. The Morgan fingerprint density at radius 2 is 2.10 bits per heavy atom. The van der Waals surface area contributed by atoms with Crippen LogP contribution in [0.4, 0.5) is 0 Å². The molecule has 3 rings (SSSR count). The largest absolute Gasteiger partial charge is 0.491 e. The molecule has 0 aromatic heterocycles. The second kappa shape index (κ2) is 5.74. The van der Waals surface area contributed by atoms with E-state index in [0.29, 0.717) is 24.0 Å². The van der Waals surface area contributed by atoms with Gasteiger partial charge in [0.25, 0.3) is 0 Å². The van der Waals surface area contributed by atoms with Gasteiger partial charge >= 0.3 is 0 Å². The summed E-state index contributed by atoms with van der Waals surface area (Å²) in [5.41, 5.74) is 1.37. The maximum atomic E-state index is 5.86. The molecule has 1 aromatic rings. The van der Waals surface area contributed by atoms with Crippen molar-refractivity contribution in [2.75, 3.05) is 19.7 Å². The third-order valence-corrected chi connectivity index (χ3v) is 5.16. The number of benzene rings is 1. The van der Waals surface area contributed by atoms with Gasteiger partial charge in [0.1, 0.15) is 12.4 Å². The Bertz CT molecular complexity index is 462. The number of fused-ring (bicyclic) bond motifs is 1. The van der Waals surface area contributed by atoms with Crippen LogP contribution in [0.1, 0.15) is 38.8 Å². The number of rotatable bonds is 3. The fourth-order valence-electron chi connectivity index (χ4n) is 3.80.